The molecule has 0 bridgehead atoms. The molecular formula is C27H31N3O3. The zero-order valence-corrected chi connectivity index (χ0v) is 19.2. The van der Waals surface area contributed by atoms with E-state index in [9.17, 15) is 9.59 Å². The van der Waals surface area contributed by atoms with Crippen LogP contribution in [0.25, 0.3) is 5.57 Å². The molecule has 2 aliphatic heterocycles. The highest BCUT2D eigenvalue weighted by Crippen LogP contribution is 2.32. The fraction of sp³-hybridized carbons (Fsp3) is 0.333. The number of carbonyl (C=O) groups is 2. The van der Waals surface area contributed by atoms with Crippen LogP contribution in [0.5, 0.6) is 5.75 Å². The fourth-order valence-electron chi connectivity index (χ4n) is 4.24. The Morgan fingerprint density at radius 1 is 0.970 bits per heavy atom. The normalized spacial score (nSPS) is 16.4. The number of nitrogens with one attached hydrogen (secondary N) is 1. The summed E-state index contributed by atoms with van der Waals surface area (Å²) in [7, 11) is 0. The van der Waals surface area contributed by atoms with Gasteiger partial charge in [0.1, 0.15) is 11.4 Å². The van der Waals surface area contributed by atoms with Gasteiger partial charge in [0, 0.05) is 31.0 Å². The van der Waals surface area contributed by atoms with E-state index in [0.717, 1.165) is 30.9 Å². The predicted octanol–water partition coefficient (Wildman–Crippen LogP) is 4.84. The lowest BCUT2D eigenvalue weighted by Crippen LogP contribution is -2.32. The summed E-state index contributed by atoms with van der Waals surface area (Å²) in [5.41, 5.74) is 3.28. The lowest BCUT2D eigenvalue weighted by Gasteiger charge is -2.28. The van der Waals surface area contributed by atoms with Crippen molar-refractivity contribution in [2.45, 2.75) is 32.6 Å². The second kappa shape index (κ2) is 10.4. The molecule has 2 aliphatic rings. The Labute approximate surface area is 195 Å². The quantitative estimate of drug-likeness (QED) is 0.442. The monoisotopic (exact) mass is 445 g/mol. The fourth-order valence-corrected chi connectivity index (χ4v) is 4.24. The Morgan fingerprint density at radius 2 is 1.67 bits per heavy atom. The third kappa shape index (κ3) is 4.95. The number of hydrogen-bond acceptors (Lipinski definition) is 5. The number of carbonyl (C=O) groups excluding carboxylic acids is 2. The number of benzene rings is 2. The summed E-state index contributed by atoms with van der Waals surface area (Å²) in [4.78, 5) is 29.9. The average Bonchev–Trinajstić information content (AvgIpc) is 3.08. The van der Waals surface area contributed by atoms with E-state index in [1.54, 1.807) is 6.08 Å². The van der Waals surface area contributed by atoms with Crippen LogP contribution in [0.2, 0.25) is 0 Å². The van der Waals surface area contributed by atoms with Gasteiger partial charge in [-0.1, -0.05) is 25.1 Å². The maximum Gasteiger partial charge on any atom is 0.278 e. The van der Waals surface area contributed by atoms with Crippen LogP contribution in [0.3, 0.4) is 0 Å². The van der Waals surface area contributed by atoms with E-state index < -0.39 is 0 Å². The van der Waals surface area contributed by atoms with Crippen molar-refractivity contribution < 1.29 is 14.3 Å². The molecule has 2 amide bonds. The van der Waals surface area contributed by atoms with Crippen molar-refractivity contribution in [3.8, 4) is 5.75 Å². The summed E-state index contributed by atoms with van der Waals surface area (Å²) in [6, 6.07) is 15.4. The van der Waals surface area contributed by atoms with Gasteiger partial charge in [0.05, 0.1) is 12.2 Å². The first-order valence-corrected chi connectivity index (χ1v) is 11.7. The first-order valence-electron chi connectivity index (χ1n) is 11.7. The molecular weight excluding hydrogens is 414 g/mol. The molecule has 0 atom stereocenters. The molecule has 1 fully saturated rings. The average molecular weight is 446 g/mol. The number of amides is 2. The Bertz CT molecular complexity index is 1040. The van der Waals surface area contributed by atoms with E-state index in [2.05, 4.69) is 28.9 Å². The lowest BCUT2D eigenvalue weighted by atomic mass is 10.0. The number of piperidine rings is 1. The second-order valence-electron chi connectivity index (χ2n) is 8.35. The maximum atomic E-state index is 13.1. The SMILES string of the molecule is C=CCN1C(=O)C(Nc2ccc(N3CCCCC3)cc2)=C(c2ccc(OCCC)cc2)C1=O. The predicted molar refractivity (Wildman–Crippen MR) is 132 cm³/mol. The van der Waals surface area contributed by atoms with Gasteiger partial charge in [0.2, 0.25) is 0 Å². The number of ether oxygens (including phenoxy) is 1. The van der Waals surface area contributed by atoms with E-state index in [1.165, 1.54) is 29.8 Å². The van der Waals surface area contributed by atoms with Crippen LogP contribution >= 0.6 is 0 Å². The molecule has 0 aliphatic carbocycles. The van der Waals surface area contributed by atoms with Crippen LogP contribution in [0.1, 0.15) is 38.2 Å². The van der Waals surface area contributed by atoms with Crippen molar-refractivity contribution in [2.75, 3.05) is 36.5 Å². The highest BCUT2D eigenvalue weighted by molar-refractivity contribution is 6.36. The Balaban J connectivity index is 1.61. The van der Waals surface area contributed by atoms with Gasteiger partial charge in [-0.2, -0.15) is 0 Å². The minimum Gasteiger partial charge on any atom is -0.494 e. The lowest BCUT2D eigenvalue weighted by molar-refractivity contribution is -0.136. The Morgan fingerprint density at radius 3 is 2.30 bits per heavy atom. The zero-order valence-electron chi connectivity index (χ0n) is 19.2. The summed E-state index contributed by atoms with van der Waals surface area (Å²) in [5, 5.41) is 3.22. The molecule has 0 aromatic heterocycles. The van der Waals surface area contributed by atoms with E-state index >= 15 is 0 Å². The van der Waals surface area contributed by atoms with Gasteiger partial charge in [0.25, 0.3) is 11.8 Å². The molecule has 0 radical (unpaired) electrons. The molecule has 1 saturated heterocycles. The van der Waals surface area contributed by atoms with Crippen LogP contribution in [-0.4, -0.2) is 43.0 Å². The van der Waals surface area contributed by atoms with Crippen LogP contribution in [0, 0.1) is 0 Å². The van der Waals surface area contributed by atoms with Gasteiger partial charge in [0.15, 0.2) is 0 Å². The molecule has 2 heterocycles. The Kier molecular flexibility index (Phi) is 7.13. The van der Waals surface area contributed by atoms with Crippen molar-refractivity contribution in [3.05, 3.63) is 72.4 Å². The molecule has 4 rings (SSSR count). The summed E-state index contributed by atoms with van der Waals surface area (Å²) in [6.07, 6.45) is 6.20. The summed E-state index contributed by atoms with van der Waals surface area (Å²) in [6.45, 7) is 8.68. The maximum absolute atomic E-state index is 13.1. The minimum atomic E-state index is -0.346. The second-order valence-corrected chi connectivity index (χ2v) is 8.35. The topological polar surface area (TPSA) is 61.9 Å². The van der Waals surface area contributed by atoms with E-state index in [1.807, 2.05) is 43.3 Å². The summed E-state index contributed by atoms with van der Waals surface area (Å²) < 4.78 is 5.65. The van der Waals surface area contributed by atoms with E-state index in [4.69, 9.17) is 4.74 Å². The standard InChI is InChI=1S/C27H31N3O3/c1-3-16-30-26(31)24(20-8-14-23(15-9-20)33-19-4-2)25(27(30)32)28-21-10-12-22(13-11-21)29-17-6-5-7-18-29/h3,8-15,28H,1,4-7,16-19H2,2H3. The number of anilines is 2. The zero-order chi connectivity index (χ0) is 23.2. The van der Waals surface area contributed by atoms with E-state index in [-0.39, 0.29) is 24.1 Å². The molecule has 2 aromatic carbocycles. The van der Waals surface area contributed by atoms with E-state index in [0.29, 0.717) is 17.7 Å². The van der Waals surface area contributed by atoms with Gasteiger partial charge >= 0.3 is 0 Å². The number of nitrogens with zero attached hydrogens (tertiary/aromatic N) is 2. The van der Waals surface area contributed by atoms with Gasteiger partial charge in [-0.05, 0) is 67.6 Å². The molecule has 6 heteroatoms. The summed E-state index contributed by atoms with van der Waals surface area (Å²) >= 11 is 0. The first kappa shape index (κ1) is 22.6. The smallest absolute Gasteiger partial charge is 0.278 e. The molecule has 172 valence electrons. The summed E-state index contributed by atoms with van der Waals surface area (Å²) in [5.74, 6) is 0.0691. The Hall–Kier alpha value is -3.54. The van der Waals surface area contributed by atoms with Crippen molar-refractivity contribution >= 4 is 28.8 Å². The molecule has 0 spiro atoms. The van der Waals surface area contributed by atoms with Gasteiger partial charge < -0.3 is 15.0 Å². The minimum absolute atomic E-state index is 0.165. The van der Waals surface area contributed by atoms with Crippen molar-refractivity contribution in [1.29, 1.82) is 0 Å². The first-order chi connectivity index (χ1) is 16.1. The van der Waals surface area contributed by atoms with Crippen LogP contribution in [0.15, 0.2) is 66.9 Å². The molecule has 1 N–H and O–H groups in total. The highest BCUT2D eigenvalue weighted by atomic mass is 16.5. The van der Waals surface area contributed by atoms with Crippen LogP contribution in [0.4, 0.5) is 11.4 Å². The number of hydrogen-bond donors (Lipinski definition) is 1. The van der Waals surface area contributed by atoms with Crippen molar-refractivity contribution in [3.63, 3.8) is 0 Å². The van der Waals surface area contributed by atoms with Crippen LogP contribution in [-0.2, 0) is 9.59 Å². The third-order valence-electron chi connectivity index (χ3n) is 5.95. The van der Waals surface area contributed by atoms with Gasteiger partial charge in [-0.15, -0.1) is 6.58 Å². The molecule has 0 saturated carbocycles. The highest BCUT2D eigenvalue weighted by Gasteiger charge is 2.38. The largest absolute Gasteiger partial charge is 0.494 e. The van der Waals surface area contributed by atoms with Crippen molar-refractivity contribution in [1.82, 2.24) is 4.90 Å². The van der Waals surface area contributed by atoms with Crippen LogP contribution < -0.4 is 15.0 Å². The molecule has 6 nitrogen and oxygen atoms in total. The van der Waals surface area contributed by atoms with Crippen molar-refractivity contribution in [2.24, 2.45) is 0 Å². The third-order valence-corrected chi connectivity index (χ3v) is 5.95. The molecule has 0 unspecified atom stereocenters. The number of rotatable bonds is 9. The van der Waals surface area contributed by atoms with Gasteiger partial charge in [-0.3, -0.25) is 14.5 Å². The number of imide groups is 1. The van der Waals surface area contributed by atoms with Gasteiger partial charge in [-0.25, -0.2) is 0 Å². The molecule has 33 heavy (non-hydrogen) atoms. The molecule has 2 aromatic rings.